The first kappa shape index (κ1) is 23.3. The molecule has 0 spiro atoms. The second-order valence-electron chi connectivity index (χ2n) is 8.85. The Morgan fingerprint density at radius 2 is 1.86 bits per heavy atom. The van der Waals surface area contributed by atoms with Gasteiger partial charge in [0.1, 0.15) is 4.75 Å². The zero-order valence-electron chi connectivity index (χ0n) is 19.5. The van der Waals surface area contributed by atoms with Crippen molar-refractivity contribution >= 4 is 28.6 Å². The highest BCUT2D eigenvalue weighted by molar-refractivity contribution is 8.00. The summed E-state index contributed by atoms with van der Waals surface area (Å²) < 4.78 is 5.64. The molecule has 180 valence electrons. The number of carbonyl (C=O) groups is 1. The third-order valence-electron chi connectivity index (χ3n) is 6.35. The number of hydrogen-bond donors (Lipinski definition) is 2. The Kier molecular flexibility index (Phi) is 6.68. The number of hydrogen-bond acceptors (Lipinski definition) is 7. The van der Waals surface area contributed by atoms with Gasteiger partial charge in [0.05, 0.1) is 10.9 Å². The van der Waals surface area contributed by atoms with Gasteiger partial charge in [0.2, 0.25) is 17.7 Å². The van der Waals surface area contributed by atoms with Crippen LogP contribution in [0.25, 0.3) is 22.4 Å². The molecule has 35 heavy (non-hydrogen) atoms. The zero-order chi connectivity index (χ0) is 24.3. The number of rotatable bonds is 7. The van der Waals surface area contributed by atoms with E-state index in [0.717, 1.165) is 24.8 Å². The molecule has 1 fully saturated rings. The highest BCUT2D eigenvalue weighted by Crippen LogP contribution is 2.50. The Balaban J connectivity index is 1.46. The summed E-state index contributed by atoms with van der Waals surface area (Å²) >= 11 is 1.46. The molecule has 8 nitrogen and oxygen atoms in total. The van der Waals surface area contributed by atoms with E-state index < -0.39 is 4.75 Å². The van der Waals surface area contributed by atoms with Crippen LogP contribution in [0.1, 0.15) is 51.3 Å². The molecule has 4 aromatic rings. The fraction of sp³-hybridized carbons (Fsp3) is 0.346. The summed E-state index contributed by atoms with van der Waals surface area (Å²) in [6.45, 7) is 2.00. The van der Waals surface area contributed by atoms with Crippen LogP contribution in [0, 0.1) is 0 Å². The van der Waals surface area contributed by atoms with E-state index in [1.807, 2.05) is 55.5 Å². The van der Waals surface area contributed by atoms with Crippen LogP contribution >= 0.6 is 11.8 Å². The first-order valence-corrected chi connectivity index (χ1v) is 12.7. The molecule has 5 rings (SSSR count). The molecule has 0 aliphatic heterocycles. The number of para-hydroxylation sites is 1. The normalized spacial score (nSPS) is 20.1. The van der Waals surface area contributed by atoms with Crippen LogP contribution in [-0.4, -0.2) is 32.1 Å². The number of amides is 1. The lowest BCUT2D eigenvalue weighted by molar-refractivity contribution is -0.122. The molecule has 1 saturated carbocycles. The average Bonchev–Trinajstić information content (AvgIpc) is 3.37. The molecule has 0 saturated heterocycles. The van der Waals surface area contributed by atoms with Gasteiger partial charge >= 0.3 is 0 Å². The Bertz CT molecular complexity index is 1380. The quantitative estimate of drug-likeness (QED) is 0.358. The number of nitrogens with one attached hydrogen (secondary N) is 2. The van der Waals surface area contributed by atoms with Crippen molar-refractivity contribution in [2.45, 2.75) is 61.4 Å². The summed E-state index contributed by atoms with van der Waals surface area (Å²) in [5.74, 6) is 1.05. The van der Waals surface area contributed by atoms with Crippen LogP contribution in [0.3, 0.4) is 0 Å². The molecule has 2 aromatic carbocycles. The van der Waals surface area contributed by atoms with E-state index in [1.165, 1.54) is 11.8 Å². The summed E-state index contributed by atoms with van der Waals surface area (Å²) in [5, 5.41) is 13.0. The monoisotopic (exact) mass is 489 g/mol. The van der Waals surface area contributed by atoms with Gasteiger partial charge in [0, 0.05) is 18.0 Å². The van der Waals surface area contributed by atoms with Gasteiger partial charge in [-0.25, -0.2) is 4.98 Å². The van der Waals surface area contributed by atoms with Crippen molar-refractivity contribution in [3.05, 3.63) is 70.8 Å². The Morgan fingerprint density at radius 1 is 1.11 bits per heavy atom. The molecule has 0 unspecified atom stereocenters. The maximum atomic E-state index is 12.7. The largest absolute Gasteiger partial charge is 0.419 e. The number of H-pyrrole nitrogens is 1. The van der Waals surface area contributed by atoms with Crippen molar-refractivity contribution in [1.29, 1.82) is 0 Å². The standard InChI is InChI=1S/C26H27N5O3S/c1-2-8-21(32)27-18-13-15-26(16-14-18,24-31-30-23(34-24)17-9-4-3-5-10-17)35-25-28-20-12-7-6-11-19(20)22(33)29-25/h3-7,9-12,18H,2,8,13-16H2,1H3,(H,27,32)(H,28,29,33). The van der Waals surface area contributed by atoms with Gasteiger partial charge in [-0.1, -0.05) is 49.0 Å². The number of nitrogens with zero attached hydrogens (tertiary/aromatic N) is 3. The average molecular weight is 490 g/mol. The SMILES string of the molecule is CCCC(=O)NC1CCC(Sc2nc3ccccc3c(=O)[nH]2)(c2nnc(-c3ccccc3)o2)CC1. The van der Waals surface area contributed by atoms with Gasteiger partial charge in [-0.2, -0.15) is 0 Å². The minimum Gasteiger partial charge on any atom is -0.419 e. The molecule has 9 heteroatoms. The lowest BCUT2D eigenvalue weighted by Crippen LogP contribution is -2.41. The van der Waals surface area contributed by atoms with Gasteiger partial charge in [-0.05, 0) is 56.4 Å². The van der Waals surface area contributed by atoms with E-state index in [-0.39, 0.29) is 17.5 Å². The number of aromatic amines is 1. The molecule has 0 bridgehead atoms. The summed E-state index contributed by atoms with van der Waals surface area (Å²) in [6, 6.07) is 17.0. The molecular weight excluding hydrogens is 462 g/mol. The number of carbonyl (C=O) groups excluding carboxylic acids is 1. The third kappa shape index (κ3) is 5.00. The van der Waals surface area contributed by atoms with Crippen LogP contribution in [0.4, 0.5) is 0 Å². The maximum absolute atomic E-state index is 12.7. The van der Waals surface area contributed by atoms with Crippen LogP contribution in [0.5, 0.6) is 0 Å². The number of benzene rings is 2. The minimum atomic E-state index is -0.565. The van der Waals surface area contributed by atoms with Crippen molar-refractivity contribution in [2.75, 3.05) is 0 Å². The molecule has 2 N–H and O–H groups in total. The Labute approximate surface area is 207 Å². The van der Waals surface area contributed by atoms with Gasteiger partial charge in [-0.3, -0.25) is 9.59 Å². The van der Waals surface area contributed by atoms with Crippen LogP contribution in [0.2, 0.25) is 0 Å². The number of fused-ring (bicyclic) bond motifs is 1. The van der Waals surface area contributed by atoms with Gasteiger partial charge in [0.25, 0.3) is 5.56 Å². The van der Waals surface area contributed by atoms with Crippen molar-refractivity contribution in [1.82, 2.24) is 25.5 Å². The molecular formula is C26H27N5O3S. The first-order chi connectivity index (χ1) is 17.1. The summed E-state index contributed by atoms with van der Waals surface area (Å²) in [4.78, 5) is 32.5. The van der Waals surface area contributed by atoms with Gasteiger partial charge in [-0.15, -0.1) is 10.2 Å². The third-order valence-corrected chi connectivity index (χ3v) is 7.71. The Morgan fingerprint density at radius 3 is 2.63 bits per heavy atom. The van der Waals surface area contributed by atoms with Crippen molar-refractivity contribution in [2.24, 2.45) is 0 Å². The highest BCUT2D eigenvalue weighted by atomic mass is 32.2. The highest BCUT2D eigenvalue weighted by Gasteiger charge is 2.43. The molecule has 1 aliphatic carbocycles. The summed E-state index contributed by atoms with van der Waals surface area (Å²) in [7, 11) is 0. The molecule has 1 amide bonds. The number of thioether (sulfide) groups is 1. The number of aromatic nitrogens is 4. The molecule has 2 aromatic heterocycles. The van der Waals surface area contributed by atoms with E-state index in [9.17, 15) is 9.59 Å². The molecule has 0 radical (unpaired) electrons. The van der Waals surface area contributed by atoms with E-state index in [2.05, 4.69) is 20.5 Å². The van der Waals surface area contributed by atoms with Gasteiger partial charge in [0.15, 0.2) is 5.16 Å². The van der Waals surface area contributed by atoms with E-state index in [1.54, 1.807) is 6.07 Å². The minimum absolute atomic E-state index is 0.0855. The van der Waals surface area contributed by atoms with Gasteiger partial charge < -0.3 is 14.7 Å². The van der Waals surface area contributed by atoms with Crippen molar-refractivity contribution in [3.8, 4) is 11.5 Å². The predicted molar refractivity (Wildman–Crippen MR) is 135 cm³/mol. The van der Waals surface area contributed by atoms with Crippen LogP contribution < -0.4 is 10.9 Å². The summed E-state index contributed by atoms with van der Waals surface area (Å²) in [6.07, 6.45) is 4.28. The van der Waals surface area contributed by atoms with E-state index in [4.69, 9.17) is 9.40 Å². The topological polar surface area (TPSA) is 114 Å². The summed E-state index contributed by atoms with van der Waals surface area (Å²) in [5.41, 5.74) is 1.32. The van der Waals surface area contributed by atoms with E-state index in [0.29, 0.717) is 47.1 Å². The predicted octanol–water partition coefficient (Wildman–Crippen LogP) is 4.82. The second-order valence-corrected chi connectivity index (χ2v) is 10.2. The van der Waals surface area contributed by atoms with E-state index >= 15 is 0 Å². The molecule has 1 aliphatic rings. The first-order valence-electron chi connectivity index (χ1n) is 11.9. The fourth-order valence-electron chi connectivity index (χ4n) is 4.52. The fourth-order valence-corrected chi connectivity index (χ4v) is 5.79. The molecule has 0 atom stereocenters. The lowest BCUT2D eigenvalue weighted by Gasteiger charge is -2.36. The van der Waals surface area contributed by atoms with Crippen molar-refractivity contribution < 1.29 is 9.21 Å². The zero-order valence-corrected chi connectivity index (χ0v) is 20.3. The van der Waals surface area contributed by atoms with Crippen molar-refractivity contribution in [3.63, 3.8) is 0 Å². The second kappa shape index (κ2) is 10.0. The lowest BCUT2D eigenvalue weighted by atomic mass is 9.85. The maximum Gasteiger partial charge on any atom is 0.259 e. The Hall–Kier alpha value is -3.46. The van der Waals surface area contributed by atoms with Crippen LogP contribution in [-0.2, 0) is 9.54 Å². The molecule has 2 heterocycles. The smallest absolute Gasteiger partial charge is 0.259 e. The van der Waals surface area contributed by atoms with Crippen LogP contribution in [0.15, 0.2) is 69.0 Å².